The minimum atomic E-state index is 0.174. The van der Waals surface area contributed by atoms with Crippen LogP contribution in [-0.2, 0) is 13.0 Å². The van der Waals surface area contributed by atoms with Gasteiger partial charge in [0.25, 0.3) is 0 Å². The molecule has 128 valence electrons. The second kappa shape index (κ2) is 7.95. The maximum absolute atomic E-state index is 12.3. The van der Waals surface area contributed by atoms with Crippen LogP contribution in [-0.4, -0.2) is 39.9 Å². The van der Waals surface area contributed by atoms with Crippen molar-refractivity contribution in [2.75, 3.05) is 19.6 Å². The van der Waals surface area contributed by atoms with E-state index in [0.717, 1.165) is 50.3 Å². The summed E-state index contributed by atoms with van der Waals surface area (Å²) in [6, 6.07) is 7.17. The number of ketones is 1. The molecule has 3 rings (SSSR count). The molecule has 1 fully saturated rings. The Kier molecular flexibility index (Phi) is 5.69. The Morgan fingerprint density at radius 3 is 2.62 bits per heavy atom. The molecule has 0 atom stereocenters. The van der Waals surface area contributed by atoms with E-state index in [2.05, 4.69) is 27.6 Å². The van der Waals surface area contributed by atoms with Crippen LogP contribution in [0.15, 0.2) is 36.7 Å². The quantitative estimate of drug-likeness (QED) is 0.749. The molecule has 0 amide bonds. The van der Waals surface area contributed by atoms with E-state index in [9.17, 15) is 4.79 Å². The van der Waals surface area contributed by atoms with E-state index in [1.165, 1.54) is 0 Å². The number of aryl methyl sites for hydroxylation is 1. The van der Waals surface area contributed by atoms with Gasteiger partial charge < -0.3 is 4.57 Å². The summed E-state index contributed by atoms with van der Waals surface area (Å²) in [6.45, 7) is 5.66. The summed E-state index contributed by atoms with van der Waals surface area (Å²) >= 11 is 5.88. The fraction of sp³-hybridized carbons (Fsp3) is 0.474. The molecule has 1 aromatic carbocycles. The molecular formula is C19H24ClN3O. The third-order valence-electron chi connectivity index (χ3n) is 4.81. The van der Waals surface area contributed by atoms with Crippen LogP contribution in [0.4, 0.5) is 0 Å². The molecule has 0 bridgehead atoms. The highest BCUT2D eigenvalue weighted by Gasteiger charge is 2.22. The molecule has 0 N–H and O–H groups in total. The zero-order chi connectivity index (χ0) is 16.9. The van der Waals surface area contributed by atoms with Gasteiger partial charge in [0.15, 0.2) is 5.78 Å². The number of nitrogens with zero attached hydrogens (tertiary/aromatic N) is 3. The van der Waals surface area contributed by atoms with E-state index >= 15 is 0 Å². The summed E-state index contributed by atoms with van der Waals surface area (Å²) in [4.78, 5) is 19.0. The number of hydrogen-bond donors (Lipinski definition) is 0. The fourth-order valence-electron chi connectivity index (χ4n) is 3.36. The van der Waals surface area contributed by atoms with Crippen molar-refractivity contribution in [3.63, 3.8) is 0 Å². The number of rotatable bonds is 6. The molecule has 1 aromatic heterocycles. The number of piperidine rings is 1. The van der Waals surface area contributed by atoms with Crippen LogP contribution < -0.4 is 0 Å². The Labute approximate surface area is 148 Å². The van der Waals surface area contributed by atoms with Gasteiger partial charge in [0.05, 0.1) is 6.54 Å². The van der Waals surface area contributed by atoms with E-state index in [1.807, 2.05) is 18.3 Å². The smallest absolute Gasteiger partial charge is 0.176 e. The third kappa shape index (κ3) is 4.25. The Morgan fingerprint density at radius 1 is 1.25 bits per heavy atom. The first-order valence-electron chi connectivity index (χ1n) is 8.67. The van der Waals surface area contributed by atoms with Crippen LogP contribution in [0.5, 0.6) is 0 Å². The number of halogens is 1. The van der Waals surface area contributed by atoms with Crippen LogP contribution in [0, 0.1) is 5.92 Å². The van der Waals surface area contributed by atoms with Crippen molar-refractivity contribution in [2.24, 2.45) is 5.92 Å². The largest absolute Gasteiger partial charge is 0.335 e. The summed E-state index contributed by atoms with van der Waals surface area (Å²) in [5.41, 5.74) is 0.743. The van der Waals surface area contributed by atoms with Gasteiger partial charge in [0.1, 0.15) is 5.82 Å². The molecule has 0 radical (unpaired) electrons. The minimum Gasteiger partial charge on any atom is -0.335 e. The maximum atomic E-state index is 12.3. The van der Waals surface area contributed by atoms with Gasteiger partial charge in [-0.1, -0.05) is 18.5 Å². The van der Waals surface area contributed by atoms with Crippen LogP contribution in [0.1, 0.15) is 35.9 Å². The summed E-state index contributed by atoms with van der Waals surface area (Å²) in [6.07, 6.45) is 7.21. The lowest BCUT2D eigenvalue weighted by Crippen LogP contribution is -2.38. The molecular weight excluding hydrogens is 322 g/mol. The first kappa shape index (κ1) is 17.2. The summed E-state index contributed by atoms with van der Waals surface area (Å²) in [5, 5.41) is 0.665. The van der Waals surface area contributed by atoms with Crippen LogP contribution in [0.2, 0.25) is 5.02 Å². The van der Waals surface area contributed by atoms with Gasteiger partial charge in [0, 0.05) is 35.9 Å². The highest BCUT2D eigenvalue weighted by Crippen LogP contribution is 2.20. The Hall–Kier alpha value is -1.65. The van der Waals surface area contributed by atoms with Gasteiger partial charge >= 0.3 is 0 Å². The highest BCUT2D eigenvalue weighted by atomic mass is 35.5. The monoisotopic (exact) mass is 345 g/mol. The molecule has 1 aliphatic heterocycles. The molecule has 0 saturated carbocycles. The van der Waals surface area contributed by atoms with Crippen molar-refractivity contribution >= 4 is 17.4 Å². The summed E-state index contributed by atoms with van der Waals surface area (Å²) in [5.74, 6) is 2.01. The number of Topliss-reactive ketones (excluding diaryl/α,β-unsaturated/α-hetero) is 1. The SMILES string of the molecule is CCc1nccn1CC1CCN(CC(=O)c2ccc(Cl)cc2)CC1. The standard InChI is InChI=1S/C19H24ClN3O/c1-2-19-21-9-12-23(19)13-15-7-10-22(11-8-15)14-18(24)16-3-5-17(20)6-4-16/h3-6,9,12,15H,2,7-8,10-11,13-14H2,1H3. The molecule has 2 aromatic rings. The fourth-order valence-corrected chi connectivity index (χ4v) is 3.48. The van der Waals surface area contributed by atoms with Crippen molar-refractivity contribution < 1.29 is 4.79 Å². The third-order valence-corrected chi connectivity index (χ3v) is 5.07. The molecule has 0 unspecified atom stereocenters. The molecule has 24 heavy (non-hydrogen) atoms. The normalized spacial score (nSPS) is 16.4. The number of likely N-dealkylation sites (tertiary alicyclic amines) is 1. The van der Waals surface area contributed by atoms with Crippen molar-refractivity contribution in [3.8, 4) is 0 Å². The van der Waals surface area contributed by atoms with Crippen molar-refractivity contribution in [3.05, 3.63) is 53.1 Å². The lowest BCUT2D eigenvalue weighted by molar-refractivity contribution is 0.0890. The lowest BCUT2D eigenvalue weighted by Gasteiger charge is -2.31. The van der Waals surface area contributed by atoms with Crippen LogP contribution in [0.25, 0.3) is 0 Å². The van der Waals surface area contributed by atoms with Gasteiger partial charge in [0.2, 0.25) is 0 Å². The molecule has 0 aliphatic carbocycles. The van der Waals surface area contributed by atoms with Crippen molar-refractivity contribution in [2.45, 2.75) is 32.7 Å². The van der Waals surface area contributed by atoms with E-state index in [-0.39, 0.29) is 5.78 Å². The van der Waals surface area contributed by atoms with E-state index in [1.54, 1.807) is 12.1 Å². The first-order valence-corrected chi connectivity index (χ1v) is 9.04. The zero-order valence-corrected chi connectivity index (χ0v) is 14.9. The predicted octanol–water partition coefficient (Wildman–Crippen LogP) is 3.69. The Morgan fingerprint density at radius 2 is 1.96 bits per heavy atom. The molecule has 5 heteroatoms. The van der Waals surface area contributed by atoms with E-state index < -0.39 is 0 Å². The summed E-state index contributed by atoms with van der Waals surface area (Å²) < 4.78 is 2.28. The topological polar surface area (TPSA) is 38.1 Å². The lowest BCUT2D eigenvalue weighted by atomic mass is 9.96. The van der Waals surface area contributed by atoms with Gasteiger partial charge in [-0.25, -0.2) is 4.98 Å². The minimum absolute atomic E-state index is 0.174. The summed E-state index contributed by atoms with van der Waals surface area (Å²) in [7, 11) is 0. The average Bonchev–Trinajstić information content (AvgIpc) is 3.04. The van der Waals surface area contributed by atoms with E-state index in [4.69, 9.17) is 11.6 Å². The second-order valence-corrected chi connectivity index (χ2v) is 6.94. The van der Waals surface area contributed by atoms with Crippen LogP contribution >= 0.6 is 11.6 Å². The predicted molar refractivity (Wildman–Crippen MR) is 96.6 cm³/mol. The van der Waals surface area contributed by atoms with Gasteiger partial charge in [-0.2, -0.15) is 0 Å². The van der Waals surface area contributed by atoms with E-state index in [0.29, 0.717) is 17.5 Å². The molecule has 1 aliphatic rings. The number of imidazole rings is 1. The number of hydrogen-bond acceptors (Lipinski definition) is 3. The molecule has 1 saturated heterocycles. The van der Waals surface area contributed by atoms with Crippen molar-refractivity contribution in [1.29, 1.82) is 0 Å². The Balaban J connectivity index is 1.48. The second-order valence-electron chi connectivity index (χ2n) is 6.50. The molecule has 2 heterocycles. The number of carbonyl (C=O) groups excluding carboxylic acids is 1. The Bertz CT molecular complexity index is 672. The number of carbonyl (C=O) groups is 1. The number of aromatic nitrogens is 2. The maximum Gasteiger partial charge on any atom is 0.176 e. The first-order chi connectivity index (χ1) is 11.7. The molecule has 4 nitrogen and oxygen atoms in total. The van der Waals surface area contributed by atoms with Crippen molar-refractivity contribution in [1.82, 2.24) is 14.5 Å². The van der Waals surface area contributed by atoms with Gasteiger partial charge in [-0.15, -0.1) is 0 Å². The number of benzene rings is 1. The highest BCUT2D eigenvalue weighted by molar-refractivity contribution is 6.30. The molecule has 0 spiro atoms. The van der Waals surface area contributed by atoms with Gasteiger partial charge in [-0.05, 0) is 56.1 Å². The zero-order valence-electron chi connectivity index (χ0n) is 14.1. The van der Waals surface area contributed by atoms with Crippen LogP contribution in [0.3, 0.4) is 0 Å². The average molecular weight is 346 g/mol. The van der Waals surface area contributed by atoms with Gasteiger partial charge in [-0.3, -0.25) is 9.69 Å².